The summed E-state index contributed by atoms with van der Waals surface area (Å²) in [5.74, 6) is 0.134. The lowest BCUT2D eigenvalue weighted by Gasteiger charge is -2.11. The van der Waals surface area contributed by atoms with Crippen LogP contribution in [0.15, 0.2) is 54.7 Å². The third-order valence-electron chi connectivity index (χ3n) is 3.96. The van der Waals surface area contributed by atoms with Crippen molar-refractivity contribution in [3.63, 3.8) is 0 Å². The Labute approximate surface area is 169 Å². The van der Waals surface area contributed by atoms with Gasteiger partial charge in [-0.1, -0.05) is 24.3 Å². The van der Waals surface area contributed by atoms with E-state index < -0.39 is 0 Å². The number of nitrogens with two attached hydrogens (primary N) is 1. The molecular weight excluding hydrogens is 378 g/mol. The Morgan fingerprint density at radius 1 is 1.11 bits per heavy atom. The summed E-state index contributed by atoms with van der Waals surface area (Å²) < 4.78 is 0. The number of urea groups is 1. The summed E-state index contributed by atoms with van der Waals surface area (Å²) in [6, 6.07) is 14.9. The summed E-state index contributed by atoms with van der Waals surface area (Å²) in [7, 11) is 0. The topological polar surface area (TPSA) is 109 Å². The minimum atomic E-state index is -0.354. The second-order valence-corrected chi connectivity index (χ2v) is 6.05. The molecule has 0 radical (unpaired) electrons. The van der Waals surface area contributed by atoms with Crippen molar-refractivity contribution in [1.82, 2.24) is 10.3 Å². The highest BCUT2D eigenvalue weighted by Crippen LogP contribution is 2.27. The molecule has 146 valence electrons. The van der Waals surface area contributed by atoms with Gasteiger partial charge < -0.3 is 16.4 Å². The van der Waals surface area contributed by atoms with Crippen LogP contribution in [0.25, 0.3) is 10.8 Å². The van der Waals surface area contributed by atoms with E-state index in [2.05, 4.69) is 20.9 Å². The fourth-order valence-electron chi connectivity index (χ4n) is 2.73. The van der Waals surface area contributed by atoms with E-state index in [0.29, 0.717) is 12.4 Å². The number of benzene rings is 2. The quantitative estimate of drug-likeness (QED) is 0.508. The molecule has 0 saturated carbocycles. The van der Waals surface area contributed by atoms with Gasteiger partial charge in [0.15, 0.2) is 0 Å². The highest BCUT2D eigenvalue weighted by molar-refractivity contribution is 5.97. The van der Waals surface area contributed by atoms with Crippen molar-refractivity contribution < 1.29 is 9.59 Å². The molecule has 7 nitrogen and oxygen atoms in total. The zero-order chi connectivity index (χ0) is 19.2. The molecule has 1 heterocycles. The van der Waals surface area contributed by atoms with Crippen molar-refractivity contribution in [2.75, 3.05) is 17.2 Å². The molecule has 3 amide bonds. The molecule has 0 atom stereocenters. The first-order valence-corrected chi connectivity index (χ1v) is 8.63. The summed E-state index contributed by atoms with van der Waals surface area (Å²) in [6.07, 6.45) is 1.94. The van der Waals surface area contributed by atoms with E-state index in [1.165, 1.54) is 0 Å². The number of aromatic nitrogens is 1. The zero-order valence-electron chi connectivity index (χ0n) is 15.4. The number of nitrogens with one attached hydrogen (secondary N) is 3. The summed E-state index contributed by atoms with van der Waals surface area (Å²) in [6.45, 7) is 2.40. The maximum absolute atomic E-state index is 11.6. The van der Waals surface area contributed by atoms with E-state index in [4.69, 9.17) is 5.73 Å². The number of halogens is 1. The molecule has 0 fully saturated rings. The van der Waals surface area contributed by atoms with Crippen LogP contribution in [0.3, 0.4) is 0 Å². The third-order valence-corrected chi connectivity index (χ3v) is 3.96. The van der Waals surface area contributed by atoms with Gasteiger partial charge in [0, 0.05) is 29.5 Å². The van der Waals surface area contributed by atoms with E-state index in [1.807, 2.05) is 55.5 Å². The fourth-order valence-corrected chi connectivity index (χ4v) is 2.73. The van der Waals surface area contributed by atoms with Gasteiger partial charge in [-0.15, -0.1) is 12.4 Å². The lowest BCUT2D eigenvalue weighted by atomic mass is 10.1. The van der Waals surface area contributed by atoms with Crippen molar-refractivity contribution in [2.45, 2.75) is 13.3 Å². The van der Waals surface area contributed by atoms with Gasteiger partial charge in [0.05, 0.1) is 6.42 Å². The summed E-state index contributed by atoms with van der Waals surface area (Å²) >= 11 is 0. The molecule has 0 aliphatic carbocycles. The van der Waals surface area contributed by atoms with Crippen molar-refractivity contribution in [1.29, 1.82) is 0 Å². The molecule has 0 aliphatic rings. The van der Waals surface area contributed by atoms with E-state index in [9.17, 15) is 9.59 Å². The second-order valence-electron chi connectivity index (χ2n) is 6.05. The van der Waals surface area contributed by atoms with Gasteiger partial charge in [0.25, 0.3) is 0 Å². The Morgan fingerprint density at radius 2 is 1.86 bits per heavy atom. The Balaban J connectivity index is 0.00000280. The van der Waals surface area contributed by atoms with Gasteiger partial charge in [0.1, 0.15) is 5.82 Å². The van der Waals surface area contributed by atoms with Gasteiger partial charge in [-0.2, -0.15) is 0 Å². The summed E-state index contributed by atoms with van der Waals surface area (Å²) in [4.78, 5) is 27.0. The van der Waals surface area contributed by atoms with Crippen molar-refractivity contribution >= 4 is 52.3 Å². The SMILES string of the molecule is CCNC(=O)Nc1cc2cccc(Nc3ccc(CC(N)=O)cc3)c2cn1.Cl. The molecule has 8 heteroatoms. The van der Waals surface area contributed by atoms with Crippen LogP contribution in [0.1, 0.15) is 12.5 Å². The number of amides is 3. The molecule has 0 saturated heterocycles. The second kappa shape index (κ2) is 9.57. The van der Waals surface area contributed by atoms with Crippen LogP contribution in [-0.2, 0) is 11.2 Å². The van der Waals surface area contributed by atoms with Crippen molar-refractivity contribution in [3.05, 3.63) is 60.3 Å². The Bertz CT molecular complexity index is 976. The Morgan fingerprint density at radius 3 is 2.54 bits per heavy atom. The molecule has 2 aromatic carbocycles. The molecule has 0 spiro atoms. The van der Waals surface area contributed by atoms with Gasteiger partial charge in [-0.3, -0.25) is 10.1 Å². The maximum atomic E-state index is 11.6. The number of pyridine rings is 1. The van der Waals surface area contributed by atoms with E-state index >= 15 is 0 Å². The molecule has 3 aromatic rings. The number of hydrogen-bond acceptors (Lipinski definition) is 4. The molecule has 0 unspecified atom stereocenters. The predicted molar refractivity (Wildman–Crippen MR) is 114 cm³/mol. The van der Waals surface area contributed by atoms with Gasteiger partial charge in [-0.25, -0.2) is 9.78 Å². The lowest BCUT2D eigenvalue weighted by molar-refractivity contribution is -0.117. The van der Waals surface area contributed by atoms with Crippen LogP contribution in [0.2, 0.25) is 0 Å². The van der Waals surface area contributed by atoms with Crippen LogP contribution in [0, 0.1) is 0 Å². The molecule has 0 aliphatic heterocycles. The third kappa shape index (κ3) is 5.34. The molecule has 5 N–H and O–H groups in total. The predicted octanol–water partition coefficient (Wildman–Crippen LogP) is 3.57. The molecular formula is C20H22ClN5O2. The Hall–Kier alpha value is -3.32. The maximum Gasteiger partial charge on any atom is 0.320 e. The summed E-state index contributed by atoms with van der Waals surface area (Å²) in [5.41, 5.74) is 7.87. The zero-order valence-corrected chi connectivity index (χ0v) is 16.2. The van der Waals surface area contributed by atoms with Gasteiger partial charge in [-0.05, 0) is 42.1 Å². The van der Waals surface area contributed by atoms with Crippen molar-refractivity contribution in [3.8, 4) is 0 Å². The molecule has 1 aromatic heterocycles. The normalized spacial score (nSPS) is 10.0. The van der Waals surface area contributed by atoms with Crippen LogP contribution in [-0.4, -0.2) is 23.5 Å². The van der Waals surface area contributed by atoms with E-state index in [-0.39, 0.29) is 30.8 Å². The van der Waals surface area contributed by atoms with Gasteiger partial charge >= 0.3 is 6.03 Å². The average Bonchev–Trinajstić information content (AvgIpc) is 2.63. The summed E-state index contributed by atoms with van der Waals surface area (Å²) in [5, 5.41) is 10.6. The number of carbonyl (C=O) groups excluding carboxylic acids is 2. The van der Waals surface area contributed by atoms with Crippen LogP contribution in [0.4, 0.5) is 22.0 Å². The minimum absolute atomic E-state index is 0. The number of fused-ring (bicyclic) bond motifs is 1. The monoisotopic (exact) mass is 399 g/mol. The first-order valence-electron chi connectivity index (χ1n) is 8.63. The smallest absolute Gasteiger partial charge is 0.320 e. The number of anilines is 3. The number of primary amides is 1. The van der Waals surface area contributed by atoms with Crippen LogP contribution in [0.5, 0.6) is 0 Å². The highest BCUT2D eigenvalue weighted by Gasteiger charge is 2.06. The fraction of sp³-hybridized carbons (Fsp3) is 0.150. The van der Waals surface area contributed by atoms with Crippen LogP contribution >= 0.6 is 12.4 Å². The standard InChI is InChI=1S/C20H21N5O2.ClH/c1-2-22-20(27)25-19-11-14-4-3-5-17(16(14)12-23-19)24-15-8-6-13(7-9-15)10-18(21)26;/h3-9,11-12,24H,2,10H2,1H3,(H2,21,26)(H2,22,23,25,27);1H. The van der Waals surface area contributed by atoms with E-state index in [0.717, 1.165) is 27.7 Å². The molecule has 0 bridgehead atoms. The van der Waals surface area contributed by atoms with Gasteiger partial charge in [0.2, 0.25) is 5.91 Å². The average molecular weight is 400 g/mol. The highest BCUT2D eigenvalue weighted by atomic mass is 35.5. The number of hydrogen-bond donors (Lipinski definition) is 4. The number of rotatable bonds is 6. The minimum Gasteiger partial charge on any atom is -0.369 e. The largest absolute Gasteiger partial charge is 0.369 e. The van der Waals surface area contributed by atoms with Crippen molar-refractivity contribution in [2.24, 2.45) is 5.73 Å². The Kier molecular flexibility index (Phi) is 7.17. The number of carbonyl (C=O) groups is 2. The first-order chi connectivity index (χ1) is 13.0. The lowest BCUT2D eigenvalue weighted by Crippen LogP contribution is -2.28. The molecule has 3 rings (SSSR count). The number of nitrogens with zero attached hydrogens (tertiary/aromatic N) is 1. The van der Waals surface area contributed by atoms with E-state index in [1.54, 1.807) is 6.20 Å². The van der Waals surface area contributed by atoms with Crippen LogP contribution < -0.4 is 21.7 Å². The molecule has 28 heavy (non-hydrogen) atoms. The first kappa shape index (κ1) is 21.0.